The maximum absolute atomic E-state index is 11.9. The number of carbonyl (C=O) groups is 2. The highest BCUT2D eigenvalue weighted by Gasteiger charge is 2.04. The third-order valence-corrected chi connectivity index (χ3v) is 4.66. The lowest BCUT2D eigenvalue weighted by atomic mass is 10.2. The van der Waals surface area contributed by atoms with Gasteiger partial charge in [-0.05, 0) is 42.8 Å². The standard InChI is InChI=1S/C22H21N3O3S/c1-16-24-19(15-29-16)14-28-20-10-7-17(8-11-20)9-12-21(26)23-13-22(27)25-18-5-3-2-4-6-18/h2-12,15H,13-14H2,1H3,(H,23,26)(H,25,27)/b12-9+. The number of rotatable bonds is 8. The molecule has 0 saturated carbocycles. The van der Waals surface area contributed by atoms with Crippen molar-refractivity contribution in [2.75, 3.05) is 11.9 Å². The van der Waals surface area contributed by atoms with Gasteiger partial charge in [-0.2, -0.15) is 0 Å². The largest absolute Gasteiger partial charge is 0.487 e. The third kappa shape index (κ3) is 6.90. The molecular formula is C22H21N3O3S. The van der Waals surface area contributed by atoms with E-state index in [0.717, 1.165) is 22.0 Å². The maximum atomic E-state index is 11.9. The monoisotopic (exact) mass is 407 g/mol. The Bertz CT molecular complexity index is 982. The molecule has 0 unspecified atom stereocenters. The molecule has 0 aliphatic rings. The fourth-order valence-corrected chi connectivity index (χ4v) is 3.03. The van der Waals surface area contributed by atoms with Gasteiger partial charge in [0.05, 0.1) is 17.2 Å². The first kappa shape index (κ1) is 20.3. The van der Waals surface area contributed by atoms with Crippen LogP contribution in [0.25, 0.3) is 6.08 Å². The Morgan fingerprint density at radius 1 is 1.10 bits per heavy atom. The molecule has 0 aliphatic carbocycles. The molecule has 2 aromatic carbocycles. The zero-order valence-electron chi connectivity index (χ0n) is 15.9. The molecule has 7 heteroatoms. The Morgan fingerprint density at radius 2 is 1.86 bits per heavy atom. The second-order valence-corrected chi connectivity index (χ2v) is 7.24. The highest BCUT2D eigenvalue weighted by molar-refractivity contribution is 7.09. The van der Waals surface area contributed by atoms with E-state index in [1.165, 1.54) is 6.08 Å². The molecule has 3 rings (SSSR count). The van der Waals surface area contributed by atoms with Gasteiger partial charge in [0.1, 0.15) is 12.4 Å². The Balaban J connectivity index is 1.41. The van der Waals surface area contributed by atoms with Gasteiger partial charge in [-0.15, -0.1) is 11.3 Å². The normalized spacial score (nSPS) is 10.7. The second kappa shape index (κ2) is 10.2. The van der Waals surface area contributed by atoms with Crippen LogP contribution in [-0.2, 0) is 16.2 Å². The van der Waals surface area contributed by atoms with Gasteiger partial charge in [0, 0.05) is 17.1 Å². The van der Waals surface area contributed by atoms with Gasteiger partial charge in [-0.1, -0.05) is 30.3 Å². The van der Waals surface area contributed by atoms with Gasteiger partial charge < -0.3 is 15.4 Å². The third-order valence-electron chi connectivity index (χ3n) is 3.84. The summed E-state index contributed by atoms with van der Waals surface area (Å²) in [5.74, 6) is 0.108. The Kier molecular flexibility index (Phi) is 7.13. The molecule has 2 N–H and O–H groups in total. The van der Waals surface area contributed by atoms with Crippen LogP contribution in [0.15, 0.2) is 66.1 Å². The molecular weight excluding hydrogens is 386 g/mol. The van der Waals surface area contributed by atoms with Crippen molar-refractivity contribution in [3.05, 3.63) is 82.3 Å². The van der Waals surface area contributed by atoms with Crippen molar-refractivity contribution in [2.45, 2.75) is 13.5 Å². The van der Waals surface area contributed by atoms with Crippen LogP contribution in [0, 0.1) is 6.92 Å². The zero-order valence-corrected chi connectivity index (χ0v) is 16.7. The number of ether oxygens (including phenoxy) is 1. The number of carbonyl (C=O) groups excluding carboxylic acids is 2. The minimum atomic E-state index is -0.340. The molecule has 6 nitrogen and oxygen atoms in total. The molecule has 0 radical (unpaired) electrons. The summed E-state index contributed by atoms with van der Waals surface area (Å²) in [5.41, 5.74) is 2.45. The molecule has 3 aromatic rings. The van der Waals surface area contributed by atoms with Crippen LogP contribution in [0.1, 0.15) is 16.3 Å². The predicted octanol–water partition coefficient (Wildman–Crippen LogP) is 3.80. The van der Waals surface area contributed by atoms with Gasteiger partial charge in [0.15, 0.2) is 0 Å². The minimum Gasteiger partial charge on any atom is -0.487 e. The van der Waals surface area contributed by atoms with Crippen molar-refractivity contribution in [3.8, 4) is 5.75 Å². The molecule has 0 fully saturated rings. The van der Waals surface area contributed by atoms with E-state index >= 15 is 0 Å². The highest BCUT2D eigenvalue weighted by Crippen LogP contribution is 2.16. The van der Waals surface area contributed by atoms with Crippen molar-refractivity contribution in [3.63, 3.8) is 0 Å². The Hall–Kier alpha value is -3.45. The van der Waals surface area contributed by atoms with E-state index < -0.39 is 0 Å². The van der Waals surface area contributed by atoms with E-state index in [4.69, 9.17) is 4.74 Å². The Labute approximate surface area is 173 Å². The first-order valence-corrected chi connectivity index (χ1v) is 9.91. The van der Waals surface area contributed by atoms with Crippen LogP contribution in [0.3, 0.4) is 0 Å². The fraction of sp³-hybridized carbons (Fsp3) is 0.136. The number of nitrogens with one attached hydrogen (secondary N) is 2. The number of hydrogen-bond donors (Lipinski definition) is 2. The van der Waals surface area contributed by atoms with Gasteiger partial charge in [0.2, 0.25) is 11.8 Å². The summed E-state index contributed by atoms with van der Waals surface area (Å²) >= 11 is 1.59. The van der Waals surface area contributed by atoms with Crippen molar-refractivity contribution in [1.82, 2.24) is 10.3 Å². The second-order valence-electron chi connectivity index (χ2n) is 6.18. The molecule has 0 aliphatic heterocycles. The van der Waals surface area contributed by atoms with E-state index in [1.54, 1.807) is 29.5 Å². The van der Waals surface area contributed by atoms with Crippen LogP contribution in [0.5, 0.6) is 5.75 Å². The van der Waals surface area contributed by atoms with Gasteiger partial charge >= 0.3 is 0 Å². The molecule has 0 spiro atoms. The van der Waals surface area contributed by atoms with Gasteiger partial charge in [0.25, 0.3) is 0 Å². The summed E-state index contributed by atoms with van der Waals surface area (Å²) in [6.45, 7) is 2.29. The summed E-state index contributed by atoms with van der Waals surface area (Å²) < 4.78 is 5.70. The van der Waals surface area contributed by atoms with Crippen molar-refractivity contribution < 1.29 is 14.3 Å². The van der Waals surface area contributed by atoms with Crippen molar-refractivity contribution in [2.24, 2.45) is 0 Å². The first-order valence-electron chi connectivity index (χ1n) is 9.03. The maximum Gasteiger partial charge on any atom is 0.244 e. The molecule has 0 bridgehead atoms. The number of para-hydroxylation sites is 1. The number of aromatic nitrogens is 1. The van der Waals surface area contributed by atoms with Crippen LogP contribution < -0.4 is 15.4 Å². The first-order chi connectivity index (χ1) is 14.1. The predicted molar refractivity (Wildman–Crippen MR) is 115 cm³/mol. The van der Waals surface area contributed by atoms with Crippen LogP contribution in [0.4, 0.5) is 5.69 Å². The topological polar surface area (TPSA) is 80.3 Å². The summed E-state index contributed by atoms with van der Waals surface area (Å²) in [6, 6.07) is 16.5. The lowest BCUT2D eigenvalue weighted by Gasteiger charge is -2.05. The number of anilines is 1. The van der Waals surface area contributed by atoms with E-state index in [-0.39, 0.29) is 18.4 Å². The number of aryl methyl sites for hydroxylation is 1. The average Bonchev–Trinajstić information content (AvgIpc) is 3.16. The van der Waals surface area contributed by atoms with Crippen molar-refractivity contribution >= 4 is 34.9 Å². The zero-order chi connectivity index (χ0) is 20.5. The molecule has 1 heterocycles. The smallest absolute Gasteiger partial charge is 0.244 e. The van der Waals surface area contributed by atoms with E-state index in [9.17, 15) is 9.59 Å². The van der Waals surface area contributed by atoms with Crippen molar-refractivity contribution in [1.29, 1.82) is 0 Å². The van der Waals surface area contributed by atoms with E-state index in [1.807, 2.05) is 54.8 Å². The molecule has 0 atom stereocenters. The number of hydrogen-bond acceptors (Lipinski definition) is 5. The van der Waals surface area contributed by atoms with Crippen LogP contribution in [-0.4, -0.2) is 23.3 Å². The number of thiazole rings is 1. The molecule has 1 aromatic heterocycles. The summed E-state index contributed by atoms with van der Waals surface area (Å²) in [7, 11) is 0. The average molecular weight is 407 g/mol. The van der Waals surface area contributed by atoms with Crippen LogP contribution in [0.2, 0.25) is 0 Å². The van der Waals surface area contributed by atoms with E-state index in [0.29, 0.717) is 12.3 Å². The quantitative estimate of drug-likeness (QED) is 0.557. The lowest BCUT2D eigenvalue weighted by Crippen LogP contribution is -2.31. The SMILES string of the molecule is Cc1nc(COc2ccc(/C=C/C(=O)NCC(=O)Nc3ccccc3)cc2)cs1. The van der Waals surface area contributed by atoms with Crippen LogP contribution >= 0.6 is 11.3 Å². The summed E-state index contributed by atoms with van der Waals surface area (Å²) in [5, 5.41) is 8.25. The molecule has 0 saturated heterocycles. The van der Waals surface area contributed by atoms with E-state index in [2.05, 4.69) is 15.6 Å². The highest BCUT2D eigenvalue weighted by atomic mass is 32.1. The summed E-state index contributed by atoms with van der Waals surface area (Å²) in [6.07, 6.45) is 3.07. The number of amides is 2. The fourth-order valence-electron chi connectivity index (χ4n) is 2.43. The minimum absolute atomic E-state index is 0.0963. The van der Waals surface area contributed by atoms with Gasteiger partial charge in [-0.25, -0.2) is 4.98 Å². The number of nitrogens with zero attached hydrogens (tertiary/aromatic N) is 1. The Morgan fingerprint density at radius 3 is 2.55 bits per heavy atom. The molecule has 29 heavy (non-hydrogen) atoms. The summed E-state index contributed by atoms with van der Waals surface area (Å²) in [4.78, 5) is 28.1. The lowest BCUT2D eigenvalue weighted by molar-refractivity contribution is -0.121. The molecule has 148 valence electrons. The molecule has 2 amide bonds. The number of benzene rings is 2. The van der Waals surface area contributed by atoms with Gasteiger partial charge in [-0.3, -0.25) is 9.59 Å².